The minimum atomic E-state index is -0.417. The summed E-state index contributed by atoms with van der Waals surface area (Å²) in [5, 5.41) is 12.5. The molecule has 27 heavy (non-hydrogen) atoms. The number of nitrogens with zero attached hydrogens (tertiary/aromatic N) is 2. The Hall–Kier alpha value is -2.72. The smallest absolute Gasteiger partial charge is 0.237 e. The molecule has 2 heterocycles. The number of hydrogen-bond donors (Lipinski definition) is 1. The molecule has 1 aliphatic heterocycles. The summed E-state index contributed by atoms with van der Waals surface area (Å²) in [6.07, 6.45) is 0. The minimum Gasteiger partial charge on any atom is -0.486 e. The number of anilines is 1. The number of hydrogen-bond acceptors (Lipinski definition) is 6. The van der Waals surface area contributed by atoms with Crippen molar-refractivity contribution in [2.45, 2.75) is 38.0 Å². The topological polar surface area (TPSA) is 84.2 Å². The molecule has 3 rings (SSSR count). The highest BCUT2D eigenvalue weighted by Crippen LogP contribution is 2.33. The summed E-state index contributed by atoms with van der Waals surface area (Å²) in [6, 6.07) is 7.53. The molecule has 7 heteroatoms. The maximum Gasteiger partial charge on any atom is 0.237 e. The number of aromatic nitrogens is 1. The number of carbonyl (C=O) groups excluding carboxylic acids is 1. The van der Waals surface area contributed by atoms with Crippen LogP contribution in [0.4, 0.5) is 5.69 Å². The highest BCUT2D eigenvalue weighted by Gasteiger charge is 2.21. The molecule has 1 N–H and O–H groups in total. The lowest BCUT2D eigenvalue weighted by atomic mass is 10.1. The number of ether oxygens (including phenoxy) is 2. The molecule has 2 aromatic rings. The van der Waals surface area contributed by atoms with Crippen LogP contribution in [-0.2, 0) is 4.79 Å². The van der Waals surface area contributed by atoms with Gasteiger partial charge in [-0.15, -0.1) is 0 Å². The summed E-state index contributed by atoms with van der Waals surface area (Å²) < 4.78 is 11.0. The first-order valence-electron chi connectivity index (χ1n) is 8.65. The van der Waals surface area contributed by atoms with Crippen molar-refractivity contribution >= 4 is 23.4 Å². The first-order chi connectivity index (χ1) is 12.9. The number of benzene rings is 1. The Morgan fingerprint density at radius 2 is 1.93 bits per heavy atom. The fourth-order valence-electron chi connectivity index (χ4n) is 2.71. The predicted octanol–water partition coefficient (Wildman–Crippen LogP) is 3.77. The van der Waals surface area contributed by atoms with Gasteiger partial charge in [-0.3, -0.25) is 4.79 Å². The maximum absolute atomic E-state index is 12.6. The molecule has 140 valence electrons. The fourth-order valence-corrected chi connectivity index (χ4v) is 3.72. The van der Waals surface area contributed by atoms with Crippen LogP contribution >= 0.6 is 11.8 Å². The molecule has 1 aromatic carbocycles. The third-order valence-corrected chi connectivity index (χ3v) is 5.63. The molecule has 0 bridgehead atoms. The molecule has 1 atom stereocenters. The quantitative estimate of drug-likeness (QED) is 0.809. The zero-order valence-corrected chi connectivity index (χ0v) is 16.6. The molecule has 6 nitrogen and oxygen atoms in total. The molecular weight excluding hydrogens is 362 g/mol. The number of pyridine rings is 1. The molecule has 0 radical (unpaired) electrons. The van der Waals surface area contributed by atoms with Crippen molar-refractivity contribution in [3.63, 3.8) is 0 Å². The molecule has 1 aromatic heterocycles. The van der Waals surface area contributed by atoms with Crippen LogP contribution in [0.2, 0.25) is 0 Å². The summed E-state index contributed by atoms with van der Waals surface area (Å²) >= 11 is 1.29. The molecule has 1 amide bonds. The fraction of sp³-hybridized carbons (Fsp3) is 0.350. The molecule has 0 fully saturated rings. The first kappa shape index (κ1) is 19.1. The van der Waals surface area contributed by atoms with Crippen molar-refractivity contribution in [3.05, 3.63) is 40.6 Å². The number of nitrogens with one attached hydrogen (secondary N) is 1. The van der Waals surface area contributed by atoms with E-state index in [1.54, 1.807) is 25.1 Å². The van der Waals surface area contributed by atoms with Crippen molar-refractivity contribution in [2.24, 2.45) is 0 Å². The van der Waals surface area contributed by atoms with Crippen LogP contribution in [0.25, 0.3) is 0 Å². The molecular formula is C20H21N3O3S. The number of aryl methyl sites for hydroxylation is 1. The standard InChI is InChI=1S/C20H21N3O3S/c1-11-12(2)16(10-21)20(22-13(11)3)27-14(4)19(24)23-15-5-6-17-18(9-15)26-8-7-25-17/h5-6,9,14H,7-8H2,1-4H3,(H,23,24)/t14-/m0/s1. The first-order valence-corrected chi connectivity index (χ1v) is 9.53. The Kier molecular flexibility index (Phi) is 5.57. The van der Waals surface area contributed by atoms with Crippen LogP contribution in [0.5, 0.6) is 11.5 Å². The van der Waals surface area contributed by atoms with Gasteiger partial charge >= 0.3 is 0 Å². The van der Waals surface area contributed by atoms with E-state index in [2.05, 4.69) is 16.4 Å². The van der Waals surface area contributed by atoms with Gasteiger partial charge in [-0.2, -0.15) is 5.26 Å². The maximum atomic E-state index is 12.6. The van der Waals surface area contributed by atoms with Crippen molar-refractivity contribution in [3.8, 4) is 17.6 Å². The average molecular weight is 383 g/mol. The Morgan fingerprint density at radius 1 is 1.22 bits per heavy atom. The lowest BCUT2D eigenvalue weighted by Gasteiger charge is -2.19. The second-order valence-corrected chi connectivity index (χ2v) is 7.68. The second-order valence-electron chi connectivity index (χ2n) is 6.35. The molecule has 0 saturated carbocycles. The number of carbonyl (C=O) groups is 1. The van der Waals surface area contributed by atoms with Crippen molar-refractivity contribution in [2.75, 3.05) is 18.5 Å². The van der Waals surface area contributed by atoms with E-state index in [1.807, 2.05) is 20.8 Å². The van der Waals surface area contributed by atoms with Crippen molar-refractivity contribution < 1.29 is 14.3 Å². The average Bonchev–Trinajstić information content (AvgIpc) is 2.66. The number of amides is 1. The highest BCUT2D eigenvalue weighted by molar-refractivity contribution is 8.00. The lowest BCUT2D eigenvalue weighted by Crippen LogP contribution is -2.23. The molecule has 0 spiro atoms. The van der Waals surface area contributed by atoms with Gasteiger partial charge in [0.2, 0.25) is 5.91 Å². The van der Waals surface area contributed by atoms with Crippen LogP contribution < -0.4 is 14.8 Å². The van der Waals surface area contributed by atoms with Crippen molar-refractivity contribution in [1.82, 2.24) is 4.98 Å². The van der Waals surface area contributed by atoms with E-state index in [-0.39, 0.29) is 5.91 Å². The van der Waals surface area contributed by atoms with Gasteiger partial charge in [0.1, 0.15) is 24.3 Å². The normalized spacial score (nSPS) is 13.6. The van der Waals surface area contributed by atoms with Gasteiger partial charge in [0.15, 0.2) is 11.5 Å². The molecule has 1 aliphatic rings. The van der Waals surface area contributed by atoms with Gasteiger partial charge in [0, 0.05) is 17.4 Å². The zero-order valence-electron chi connectivity index (χ0n) is 15.8. The number of fused-ring (bicyclic) bond motifs is 1. The summed E-state index contributed by atoms with van der Waals surface area (Å²) in [4.78, 5) is 17.1. The number of rotatable bonds is 4. The largest absolute Gasteiger partial charge is 0.486 e. The van der Waals surface area contributed by atoms with Gasteiger partial charge in [0.05, 0.1) is 10.8 Å². The summed E-state index contributed by atoms with van der Waals surface area (Å²) in [5.41, 5.74) is 3.95. The van der Waals surface area contributed by atoms with Gasteiger partial charge in [-0.25, -0.2) is 4.98 Å². The Labute approximate surface area is 162 Å². The van der Waals surface area contributed by atoms with E-state index >= 15 is 0 Å². The van der Waals surface area contributed by atoms with E-state index in [9.17, 15) is 10.1 Å². The van der Waals surface area contributed by atoms with Crippen LogP contribution in [-0.4, -0.2) is 29.4 Å². The van der Waals surface area contributed by atoms with Crippen molar-refractivity contribution in [1.29, 1.82) is 5.26 Å². The summed E-state index contributed by atoms with van der Waals surface area (Å²) in [6.45, 7) is 8.58. The molecule has 0 saturated heterocycles. The van der Waals surface area contributed by atoms with E-state index in [4.69, 9.17) is 9.47 Å². The predicted molar refractivity (Wildman–Crippen MR) is 105 cm³/mol. The van der Waals surface area contributed by atoms with E-state index in [0.29, 0.717) is 41.0 Å². The Bertz CT molecular complexity index is 937. The third-order valence-electron chi connectivity index (χ3n) is 4.54. The second kappa shape index (κ2) is 7.89. The lowest BCUT2D eigenvalue weighted by molar-refractivity contribution is -0.115. The van der Waals surface area contributed by atoms with Crippen LogP contribution in [0.1, 0.15) is 29.3 Å². The summed E-state index contributed by atoms with van der Waals surface area (Å²) in [5.74, 6) is 1.13. The number of thioether (sulfide) groups is 1. The van der Waals surface area contributed by atoms with Crippen LogP contribution in [0.3, 0.4) is 0 Å². The van der Waals surface area contributed by atoms with E-state index < -0.39 is 5.25 Å². The Balaban J connectivity index is 1.74. The molecule has 0 unspecified atom stereocenters. The third kappa shape index (κ3) is 4.01. The van der Waals surface area contributed by atoms with Crippen LogP contribution in [0.15, 0.2) is 23.2 Å². The minimum absolute atomic E-state index is 0.168. The van der Waals surface area contributed by atoms with Gasteiger partial charge in [-0.1, -0.05) is 11.8 Å². The van der Waals surface area contributed by atoms with Gasteiger partial charge in [0.25, 0.3) is 0 Å². The molecule has 0 aliphatic carbocycles. The SMILES string of the molecule is Cc1nc(S[C@@H](C)C(=O)Nc2ccc3c(c2)OCCO3)c(C#N)c(C)c1C. The van der Waals surface area contributed by atoms with E-state index in [1.165, 1.54) is 11.8 Å². The van der Waals surface area contributed by atoms with Gasteiger partial charge in [-0.05, 0) is 51.0 Å². The number of nitriles is 1. The Morgan fingerprint density at radius 3 is 2.63 bits per heavy atom. The van der Waals surface area contributed by atoms with Gasteiger partial charge < -0.3 is 14.8 Å². The van der Waals surface area contributed by atoms with E-state index in [0.717, 1.165) is 16.8 Å². The monoisotopic (exact) mass is 383 g/mol. The zero-order chi connectivity index (χ0) is 19.6. The van der Waals surface area contributed by atoms with Crippen LogP contribution in [0, 0.1) is 32.1 Å². The highest BCUT2D eigenvalue weighted by atomic mass is 32.2. The summed E-state index contributed by atoms with van der Waals surface area (Å²) in [7, 11) is 0.